The largest absolute Gasteiger partial charge is 0.334 e. The predicted molar refractivity (Wildman–Crippen MR) is 110 cm³/mol. The molecule has 2 aromatic rings. The molecule has 0 fully saturated rings. The number of nitro groups is 1. The molecule has 0 saturated heterocycles. The highest BCUT2D eigenvalue weighted by Gasteiger charge is 2.29. The minimum atomic E-state index is -0.632. The molecule has 0 saturated carbocycles. The normalized spacial score (nSPS) is 15.6. The molecule has 3 rings (SSSR count). The van der Waals surface area contributed by atoms with E-state index < -0.39 is 10.8 Å². The smallest absolute Gasteiger partial charge is 0.288 e. The highest BCUT2D eigenvalue weighted by Crippen LogP contribution is 2.29. The topological polar surface area (TPSA) is 83.8 Å². The van der Waals surface area contributed by atoms with Gasteiger partial charge in [0.1, 0.15) is 11.6 Å². The van der Waals surface area contributed by atoms with Gasteiger partial charge in [-0.15, -0.1) is 0 Å². The molecule has 0 bridgehead atoms. The molecule has 1 heterocycles. The summed E-state index contributed by atoms with van der Waals surface area (Å²) in [5.41, 5.74) is 2.16. The fourth-order valence-electron chi connectivity index (χ4n) is 3.66. The Morgan fingerprint density at radius 1 is 1.28 bits per heavy atom. The zero-order valence-electron chi connectivity index (χ0n) is 16.3. The Morgan fingerprint density at radius 2 is 2.00 bits per heavy atom. The van der Waals surface area contributed by atoms with E-state index in [-0.39, 0.29) is 34.8 Å². The van der Waals surface area contributed by atoms with Crippen molar-refractivity contribution in [3.05, 3.63) is 74.3 Å². The maximum atomic E-state index is 13.0. The van der Waals surface area contributed by atoms with Crippen LogP contribution in [-0.4, -0.2) is 46.2 Å². The first kappa shape index (κ1) is 20.8. The summed E-state index contributed by atoms with van der Waals surface area (Å²) in [6.07, 6.45) is 0.774. The first-order chi connectivity index (χ1) is 13.8. The van der Waals surface area contributed by atoms with Crippen molar-refractivity contribution >= 4 is 29.1 Å². The summed E-state index contributed by atoms with van der Waals surface area (Å²) in [4.78, 5) is 39.4. The van der Waals surface area contributed by atoms with Crippen LogP contribution in [0.5, 0.6) is 0 Å². The lowest BCUT2D eigenvalue weighted by Gasteiger charge is -2.36. The molecule has 0 radical (unpaired) electrons. The summed E-state index contributed by atoms with van der Waals surface area (Å²) in [5.74, 6) is -0.587. The average Bonchev–Trinajstić information content (AvgIpc) is 2.72. The number of carbonyl (C=O) groups excluding carboxylic acids is 2. The monoisotopic (exact) mass is 415 g/mol. The first-order valence-electron chi connectivity index (χ1n) is 9.44. The minimum absolute atomic E-state index is 0.0357. The third-order valence-corrected chi connectivity index (χ3v) is 5.62. The minimum Gasteiger partial charge on any atom is -0.334 e. The second kappa shape index (κ2) is 8.61. The van der Waals surface area contributed by atoms with Crippen LogP contribution in [0.25, 0.3) is 0 Å². The molecule has 0 aliphatic carbocycles. The van der Waals surface area contributed by atoms with Crippen molar-refractivity contribution in [2.75, 3.05) is 19.6 Å². The van der Waals surface area contributed by atoms with E-state index in [0.717, 1.165) is 18.1 Å². The van der Waals surface area contributed by atoms with Gasteiger partial charge >= 0.3 is 0 Å². The van der Waals surface area contributed by atoms with Crippen LogP contribution in [0.15, 0.2) is 42.5 Å². The summed E-state index contributed by atoms with van der Waals surface area (Å²) in [6.45, 7) is 4.56. The van der Waals surface area contributed by atoms with Crippen LogP contribution in [0.4, 0.5) is 5.69 Å². The quantitative estimate of drug-likeness (QED) is 0.548. The molecule has 0 aromatic heterocycles. The fourth-order valence-corrected chi connectivity index (χ4v) is 3.85. The van der Waals surface area contributed by atoms with Crippen LogP contribution in [0.1, 0.15) is 41.4 Å². The van der Waals surface area contributed by atoms with Crippen molar-refractivity contribution in [3.8, 4) is 0 Å². The molecular weight excluding hydrogens is 394 g/mol. The zero-order valence-corrected chi connectivity index (χ0v) is 17.1. The van der Waals surface area contributed by atoms with Crippen LogP contribution in [0, 0.1) is 10.1 Å². The molecular formula is C21H22ClN3O4. The van der Waals surface area contributed by atoms with Gasteiger partial charge in [0.05, 0.1) is 11.0 Å². The number of halogens is 1. The summed E-state index contributed by atoms with van der Waals surface area (Å²) < 4.78 is 0. The lowest BCUT2D eigenvalue weighted by Crippen LogP contribution is -2.46. The molecule has 1 unspecified atom stereocenters. The maximum absolute atomic E-state index is 13.0. The van der Waals surface area contributed by atoms with Crippen molar-refractivity contribution in [2.45, 2.75) is 26.3 Å². The van der Waals surface area contributed by atoms with Crippen LogP contribution in [-0.2, 0) is 11.2 Å². The molecule has 1 aliphatic rings. The van der Waals surface area contributed by atoms with E-state index in [0.29, 0.717) is 13.1 Å². The van der Waals surface area contributed by atoms with Crippen molar-refractivity contribution in [1.29, 1.82) is 0 Å². The summed E-state index contributed by atoms with van der Waals surface area (Å²) in [7, 11) is 0. The molecule has 0 spiro atoms. The SMILES string of the molecule is CCN(CC(=O)N1CCc2ccccc2C1C)C(=O)c1ccc(Cl)c([N+](=O)[O-])c1. The molecule has 7 nitrogen and oxygen atoms in total. The number of fused-ring (bicyclic) bond motifs is 1. The third-order valence-electron chi connectivity index (χ3n) is 5.30. The molecule has 1 atom stereocenters. The van der Waals surface area contributed by atoms with Crippen LogP contribution in [0.2, 0.25) is 5.02 Å². The zero-order chi connectivity index (χ0) is 21.1. The van der Waals surface area contributed by atoms with Gasteiger partial charge in [0, 0.05) is 24.7 Å². The Bertz CT molecular complexity index is 963. The van der Waals surface area contributed by atoms with E-state index in [9.17, 15) is 19.7 Å². The fraction of sp³-hybridized carbons (Fsp3) is 0.333. The molecule has 1 aliphatic heterocycles. The Balaban J connectivity index is 1.76. The molecule has 2 aromatic carbocycles. The van der Waals surface area contributed by atoms with Gasteiger partial charge < -0.3 is 9.80 Å². The van der Waals surface area contributed by atoms with E-state index in [1.165, 1.54) is 22.6 Å². The number of hydrogen-bond acceptors (Lipinski definition) is 4. The van der Waals surface area contributed by atoms with Gasteiger partial charge in [-0.1, -0.05) is 35.9 Å². The number of amides is 2. The maximum Gasteiger partial charge on any atom is 0.288 e. The number of benzene rings is 2. The third kappa shape index (κ3) is 4.24. The number of nitrogens with zero attached hydrogens (tertiary/aromatic N) is 3. The van der Waals surface area contributed by atoms with Gasteiger partial charge in [0.15, 0.2) is 0 Å². The molecule has 8 heteroatoms. The lowest BCUT2D eigenvalue weighted by atomic mass is 9.93. The second-order valence-corrected chi connectivity index (χ2v) is 7.36. The summed E-state index contributed by atoms with van der Waals surface area (Å²) in [5, 5.41) is 11.1. The van der Waals surface area contributed by atoms with Crippen molar-refractivity contribution in [1.82, 2.24) is 9.80 Å². The van der Waals surface area contributed by atoms with E-state index in [2.05, 4.69) is 6.07 Å². The Labute approximate surface area is 174 Å². The van der Waals surface area contributed by atoms with Gasteiger partial charge in [0.2, 0.25) is 5.91 Å². The average molecular weight is 416 g/mol. The van der Waals surface area contributed by atoms with Gasteiger partial charge in [0.25, 0.3) is 11.6 Å². The standard InChI is InChI=1S/C21H22ClN3O4/c1-3-23(21(27)16-8-9-18(22)19(12-16)25(28)29)13-20(26)24-11-10-15-6-4-5-7-17(15)14(24)2/h4-9,12,14H,3,10-11,13H2,1-2H3. The van der Waals surface area contributed by atoms with Crippen LogP contribution < -0.4 is 0 Å². The van der Waals surface area contributed by atoms with E-state index in [1.54, 1.807) is 11.8 Å². The van der Waals surface area contributed by atoms with Crippen molar-refractivity contribution < 1.29 is 14.5 Å². The van der Waals surface area contributed by atoms with E-state index in [1.807, 2.05) is 25.1 Å². The Kier molecular flexibility index (Phi) is 6.17. The Hall–Kier alpha value is -2.93. The van der Waals surface area contributed by atoms with Gasteiger partial charge in [-0.2, -0.15) is 0 Å². The number of hydrogen-bond donors (Lipinski definition) is 0. The number of likely N-dealkylation sites (N-methyl/N-ethyl adjacent to an activating group) is 1. The van der Waals surface area contributed by atoms with Gasteiger partial charge in [-0.05, 0) is 43.5 Å². The van der Waals surface area contributed by atoms with Crippen LogP contribution in [0.3, 0.4) is 0 Å². The highest BCUT2D eigenvalue weighted by molar-refractivity contribution is 6.32. The summed E-state index contributed by atoms with van der Waals surface area (Å²) in [6, 6.07) is 11.9. The van der Waals surface area contributed by atoms with E-state index in [4.69, 9.17) is 11.6 Å². The predicted octanol–water partition coefficient (Wildman–Crippen LogP) is 3.86. The van der Waals surface area contributed by atoms with Crippen molar-refractivity contribution in [3.63, 3.8) is 0 Å². The number of carbonyl (C=O) groups is 2. The van der Waals surface area contributed by atoms with Gasteiger partial charge in [-0.3, -0.25) is 19.7 Å². The lowest BCUT2D eigenvalue weighted by molar-refractivity contribution is -0.384. The Morgan fingerprint density at radius 3 is 2.69 bits per heavy atom. The van der Waals surface area contributed by atoms with E-state index >= 15 is 0 Å². The molecule has 29 heavy (non-hydrogen) atoms. The summed E-state index contributed by atoms with van der Waals surface area (Å²) >= 11 is 5.83. The first-order valence-corrected chi connectivity index (χ1v) is 9.81. The van der Waals surface area contributed by atoms with Gasteiger partial charge in [-0.25, -0.2) is 0 Å². The van der Waals surface area contributed by atoms with Crippen molar-refractivity contribution in [2.24, 2.45) is 0 Å². The van der Waals surface area contributed by atoms with Crippen LogP contribution >= 0.6 is 11.6 Å². The number of rotatable bonds is 5. The highest BCUT2D eigenvalue weighted by atomic mass is 35.5. The molecule has 0 N–H and O–H groups in total. The number of nitro benzene ring substituents is 1. The molecule has 152 valence electrons. The molecule has 2 amide bonds. The second-order valence-electron chi connectivity index (χ2n) is 6.95.